The summed E-state index contributed by atoms with van der Waals surface area (Å²) in [6.07, 6.45) is 1.55. The number of hydrogen-bond acceptors (Lipinski definition) is 4. The molecule has 0 N–H and O–H groups in total. The molecule has 1 rings (SSSR count). The van der Waals surface area contributed by atoms with Gasteiger partial charge in [0.1, 0.15) is 12.4 Å². The van der Waals surface area contributed by atoms with Crippen molar-refractivity contribution in [3.05, 3.63) is 21.8 Å². The molecule has 0 aliphatic rings. The molecule has 0 saturated heterocycles. The summed E-state index contributed by atoms with van der Waals surface area (Å²) < 4.78 is 5.42. The summed E-state index contributed by atoms with van der Waals surface area (Å²) in [5.41, 5.74) is 0. The minimum Gasteiger partial charge on any atom is -0.468 e. The molecular formula is C11H14BrClN2O2. The molecule has 0 unspecified atom stereocenters. The van der Waals surface area contributed by atoms with Gasteiger partial charge < -0.3 is 9.64 Å². The van der Waals surface area contributed by atoms with E-state index < -0.39 is 0 Å². The maximum Gasteiger partial charge on any atom is 0.325 e. The van der Waals surface area contributed by atoms with Crippen molar-refractivity contribution in [3.8, 4) is 0 Å². The lowest BCUT2D eigenvalue weighted by Crippen LogP contribution is -2.37. The van der Waals surface area contributed by atoms with Crippen LogP contribution in [0.3, 0.4) is 0 Å². The highest BCUT2D eigenvalue weighted by Crippen LogP contribution is 2.27. The average molecular weight is 322 g/mol. The van der Waals surface area contributed by atoms with E-state index in [0.717, 1.165) is 4.47 Å². The third-order valence-electron chi connectivity index (χ3n) is 2.21. The Morgan fingerprint density at radius 3 is 2.76 bits per heavy atom. The molecule has 0 spiro atoms. The quantitative estimate of drug-likeness (QED) is 0.800. The van der Waals surface area contributed by atoms with E-state index in [0.29, 0.717) is 10.8 Å². The van der Waals surface area contributed by atoms with Gasteiger partial charge in [0.15, 0.2) is 0 Å². The maximum atomic E-state index is 11.3. The van der Waals surface area contributed by atoms with Crippen LogP contribution in [0, 0.1) is 0 Å². The van der Waals surface area contributed by atoms with Gasteiger partial charge in [-0.25, -0.2) is 4.98 Å². The van der Waals surface area contributed by atoms with Gasteiger partial charge in [0.05, 0.1) is 16.6 Å². The fraction of sp³-hybridized carbons (Fsp3) is 0.455. The van der Waals surface area contributed by atoms with Gasteiger partial charge >= 0.3 is 5.97 Å². The molecule has 0 aromatic carbocycles. The molecule has 0 radical (unpaired) electrons. The Morgan fingerprint density at radius 2 is 2.29 bits per heavy atom. The van der Waals surface area contributed by atoms with Crippen LogP contribution >= 0.6 is 27.5 Å². The number of carbonyl (C=O) groups is 1. The van der Waals surface area contributed by atoms with Gasteiger partial charge in [-0.05, 0) is 35.8 Å². The highest BCUT2D eigenvalue weighted by Gasteiger charge is 2.18. The number of hydrogen-bond donors (Lipinski definition) is 0. The molecule has 0 fully saturated rings. The second-order valence-corrected chi connectivity index (χ2v) is 5.05. The predicted molar refractivity (Wildman–Crippen MR) is 71.4 cm³/mol. The van der Waals surface area contributed by atoms with E-state index >= 15 is 0 Å². The van der Waals surface area contributed by atoms with Crippen molar-refractivity contribution in [2.45, 2.75) is 19.9 Å². The number of esters is 1. The minimum absolute atomic E-state index is 0.124. The zero-order valence-corrected chi connectivity index (χ0v) is 12.2. The number of pyridine rings is 1. The van der Waals surface area contributed by atoms with Crippen molar-refractivity contribution >= 4 is 39.3 Å². The monoisotopic (exact) mass is 320 g/mol. The van der Waals surface area contributed by atoms with E-state index in [4.69, 9.17) is 11.6 Å². The molecule has 0 saturated carbocycles. The van der Waals surface area contributed by atoms with Crippen LogP contribution in [0.1, 0.15) is 13.8 Å². The van der Waals surface area contributed by atoms with Crippen LogP contribution < -0.4 is 4.90 Å². The van der Waals surface area contributed by atoms with Crippen LogP contribution in [0.2, 0.25) is 5.02 Å². The summed E-state index contributed by atoms with van der Waals surface area (Å²) in [5, 5.41) is 0.544. The summed E-state index contributed by atoms with van der Waals surface area (Å²) in [4.78, 5) is 17.4. The number of anilines is 1. The SMILES string of the molecule is COC(=O)CN(c1ncc(Cl)cc1Br)C(C)C. The molecule has 1 aromatic rings. The van der Waals surface area contributed by atoms with Crippen LogP contribution in [0.25, 0.3) is 0 Å². The van der Waals surface area contributed by atoms with Gasteiger partial charge in [-0.2, -0.15) is 0 Å². The van der Waals surface area contributed by atoms with Gasteiger partial charge in [0.2, 0.25) is 0 Å². The zero-order chi connectivity index (χ0) is 13.0. The molecule has 0 atom stereocenters. The molecule has 94 valence electrons. The standard InChI is InChI=1S/C11H14BrClN2O2/c1-7(2)15(6-10(16)17-3)11-9(12)4-8(13)5-14-11/h4-5,7H,6H2,1-3H3. The Kier molecular flexibility index (Phi) is 5.21. The highest BCUT2D eigenvalue weighted by molar-refractivity contribution is 9.10. The molecule has 0 amide bonds. The summed E-state index contributed by atoms with van der Waals surface area (Å²) in [6.45, 7) is 4.11. The first-order valence-corrected chi connectivity index (χ1v) is 6.27. The molecule has 0 aliphatic heterocycles. The van der Waals surface area contributed by atoms with Gasteiger partial charge in [0.25, 0.3) is 0 Å². The lowest BCUT2D eigenvalue weighted by molar-refractivity contribution is -0.139. The molecule has 1 aromatic heterocycles. The Hall–Kier alpha value is -0.810. The Morgan fingerprint density at radius 1 is 1.65 bits per heavy atom. The third-order valence-corrected chi connectivity index (χ3v) is 3.00. The number of methoxy groups -OCH3 is 1. The minimum atomic E-state index is -0.303. The second kappa shape index (κ2) is 6.21. The van der Waals surface area contributed by atoms with Crippen LogP contribution in [-0.2, 0) is 9.53 Å². The summed E-state index contributed by atoms with van der Waals surface area (Å²) in [5.74, 6) is 0.372. The first kappa shape index (κ1) is 14.3. The fourth-order valence-corrected chi connectivity index (χ4v) is 2.19. The van der Waals surface area contributed by atoms with E-state index in [2.05, 4.69) is 25.7 Å². The lowest BCUT2D eigenvalue weighted by atomic mass is 10.3. The summed E-state index contributed by atoms with van der Waals surface area (Å²) >= 11 is 9.22. The second-order valence-electron chi connectivity index (χ2n) is 3.76. The Bertz CT molecular complexity index is 412. The molecule has 4 nitrogen and oxygen atoms in total. The van der Waals surface area contributed by atoms with Crippen molar-refractivity contribution in [2.75, 3.05) is 18.6 Å². The Balaban J connectivity index is 3.01. The zero-order valence-electron chi connectivity index (χ0n) is 9.91. The van der Waals surface area contributed by atoms with E-state index in [1.807, 2.05) is 18.7 Å². The van der Waals surface area contributed by atoms with Crippen molar-refractivity contribution in [1.29, 1.82) is 0 Å². The van der Waals surface area contributed by atoms with E-state index in [1.54, 1.807) is 12.3 Å². The number of ether oxygens (including phenoxy) is 1. The van der Waals surface area contributed by atoms with E-state index in [-0.39, 0.29) is 18.6 Å². The fourth-order valence-electron chi connectivity index (χ4n) is 1.32. The van der Waals surface area contributed by atoms with Gasteiger partial charge in [-0.15, -0.1) is 0 Å². The topological polar surface area (TPSA) is 42.4 Å². The van der Waals surface area contributed by atoms with Gasteiger partial charge in [0, 0.05) is 12.2 Å². The third kappa shape index (κ3) is 3.85. The molecule has 0 aliphatic carbocycles. The predicted octanol–water partition coefficient (Wildman–Crippen LogP) is 2.89. The molecular weight excluding hydrogens is 307 g/mol. The first-order valence-electron chi connectivity index (χ1n) is 5.10. The maximum absolute atomic E-state index is 11.3. The van der Waals surface area contributed by atoms with Gasteiger partial charge in [-0.3, -0.25) is 4.79 Å². The van der Waals surface area contributed by atoms with E-state index in [1.165, 1.54) is 7.11 Å². The number of aromatic nitrogens is 1. The molecule has 1 heterocycles. The number of nitrogens with zero attached hydrogens (tertiary/aromatic N) is 2. The Labute approximate surface area is 114 Å². The number of carbonyl (C=O) groups excluding carboxylic acids is 1. The lowest BCUT2D eigenvalue weighted by Gasteiger charge is -2.27. The van der Waals surface area contributed by atoms with Crippen molar-refractivity contribution < 1.29 is 9.53 Å². The molecule has 0 bridgehead atoms. The summed E-state index contributed by atoms with van der Waals surface area (Å²) in [7, 11) is 1.37. The van der Waals surface area contributed by atoms with Crippen LogP contribution in [0.4, 0.5) is 5.82 Å². The molecule has 6 heteroatoms. The van der Waals surface area contributed by atoms with E-state index in [9.17, 15) is 4.79 Å². The van der Waals surface area contributed by atoms with Crippen molar-refractivity contribution in [2.24, 2.45) is 0 Å². The smallest absolute Gasteiger partial charge is 0.325 e. The number of rotatable bonds is 4. The van der Waals surface area contributed by atoms with Crippen LogP contribution in [0.5, 0.6) is 0 Å². The summed E-state index contributed by atoms with van der Waals surface area (Å²) in [6, 6.07) is 1.87. The van der Waals surface area contributed by atoms with Crippen molar-refractivity contribution in [1.82, 2.24) is 4.98 Å². The molecule has 17 heavy (non-hydrogen) atoms. The average Bonchev–Trinajstić information content (AvgIpc) is 2.26. The van der Waals surface area contributed by atoms with Crippen LogP contribution in [0.15, 0.2) is 16.7 Å². The normalized spacial score (nSPS) is 10.5. The largest absolute Gasteiger partial charge is 0.468 e. The van der Waals surface area contributed by atoms with Crippen LogP contribution in [-0.4, -0.2) is 30.6 Å². The first-order chi connectivity index (χ1) is 7.95. The highest BCUT2D eigenvalue weighted by atomic mass is 79.9. The van der Waals surface area contributed by atoms with Gasteiger partial charge in [-0.1, -0.05) is 11.6 Å². The number of halogens is 2. The van der Waals surface area contributed by atoms with Crippen molar-refractivity contribution in [3.63, 3.8) is 0 Å².